The van der Waals surface area contributed by atoms with Crippen molar-refractivity contribution in [3.63, 3.8) is 0 Å². The normalized spacial score (nSPS) is 15.9. The molecule has 2 aromatic carbocycles. The van der Waals surface area contributed by atoms with Crippen molar-refractivity contribution < 1.29 is 4.74 Å². The molecule has 126 valence electrons. The van der Waals surface area contributed by atoms with Crippen LogP contribution in [0, 0.1) is 0 Å². The highest BCUT2D eigenvalue weighted by molar-refractivity contribution is 6.30. The van der Waals surface area contributed by atoms with Crippen molar-refractivity contribution in [1.29, 1.82) is 0 Å². The van der Waals surface area contributed by atoms with Gasteiger partial charge in [0.25, 0.3) is 0 Å². The molecule has 1 aliphatic heterocycles. The zero-order valence-electron chi connectivity index (χ0n) is 13.6. The molecular formula is C18H16ClN5O. The molecule has 1 aromatic heterocycles. The van der Waals surface area contributed by atoms with Crippen LogP contribution in [0.5, 0.6) is 5.75 Å². The van der Waals surface area contributed by atoms with E-state index in [1.807, 2.05) is 55.5 Å². The predicted molar refractivity (Wildman–Crippen MR) is 96.6 cm³/mol. The Bertz CT molecular complexity index is 902. The Morgan fingerprint density at radius 1 is 1.12 bits per heavy atom. The molecule has 6 nitrogen and oxygen atoms in total. The number of fused-ring (bicyclic) bond motifs is 1. The molecule has 0 unspecified atom stereocenters. The largest absolute Gasteiger partial charge is 0.494 e. The molecule has 7 heteroatoms. The minimum Gasteiger partial charge on any atom is -0.494 e. The number of aromatic nitrogens is 4. The molecule has 0 amide bonds. The summed E-state index contributed by atoms with van der Waals surface area (Å²) in [6.07, 6.45) is 2.10. The van der Waals surface area contributed by atoms with Gasteiger partial charge in [-0.05, 0) is 71.0 Å². The Morgan fingerprint density at radius 3 is 2.60 bits per heavy atom. The van der Waals surface area contributed by atoms with Gasteiger partial charge in [-0.3, -0.25) is 0 Å². The number of nitrogens with one attached hydrogen (secondary N) is 1. The highest BCUT2D eigenvalue weighted by Crippen LogP contribution is 2.32. The highest BCUT2D eigenvalue weighted by atomic mass is 35.5. The fourth-order valence-electron chi connectivity index (χ4n) is 2.82. The topological polar surface area (TPSA) is 64.9 Å². The van der Waals surface area contributed by atoms with Gasteiger partial charge in [0.2, 0.25) is 5.95 Å². The van der Waals surface area contributed by atoms with E-state index >= 15 is 0 Å². The van der Waals surface area contributed by atoms with Crippen LogP contribution in [0.3, 0.4) is 0 Å². The van der Waals surface area contributed by atoms with Crippen molar-refractivity contribution in [2.24, 2.45) is 0 Å². The quantitative estimate of drug-likeness (QED) is 0.773. The summed E-state index contributed by atoms with van der Waals surface area (Å²) in [6.45, 7) is 2.61. The summed E-state index contributed by atoms with van der Waals surface area (Å²) in [4.78, 5) is 0. The van der Waals surface area contributed by atoms with Crippen molar-refractivity contribution in [3.05, 3.63) is 70.8 Å². The van der Waals surface area contributed by atoms with E-state index in [0.717, 1.165) is 22.6 Å². The van der Waals surface area contributed by atoms with Gasteiger partial charge in [0.1, 0.15) is 11.8 Å². The van der Waals surface area contributed by atoms with E-state index in [0.29, 0.717) is 17.6 Å². The van der Waals surface area contributed by atoms with Gasteiger partial charge in [-0.2, -0.15) is 4.68 Å². The number of tetrazole rings is 1. The summed E-state index contributed by atoms with van der Waals surface area (Å²) >= 11 is 6.01. The minimum atomic E-state index is -0.106. The number of halogens is 1. The molecule has 1 atom stereocenters. The lowest BCUT2D eigenvalue weighted by Gasteiger charge is -2.23. The smallest absolute Gasteiger partial charge is 0.248 e. The summed E-state index contributed by atoms with van der Waals surface area (Å²) in [7, 11) is 0. The Morgan fingerprint density at radius 2 is 1.88 bits per heavy atom. The average Bonchev–Trinajstić information content (AvgIpc) is 3.11. The molecule has 1 aliphatic rings. The maximum Gasteiger partial charge on any atom is 0.248 e. The van der Waals surface area contributed by atoms with E-state index in [4.69, 9.17) is 16.3 Å². The van der Waals surface area contributed by atoms with Gasteiger partial charge in [-0.1, -0.05) is 28.8 Å². The third-order valence-corrected chi connectivity index (χ3v) is 4.27. The summed E-state index contributed by atoms with van der Waals surface area (Å²) in [5, 5.41) is 15.9. The van der Waals surface area contributed by atoms with Gasteiger partial charge in [0, 0.05) is 10.7 Å². The zero-order valence-corrected chi connectivity index (χ0v) is 14.3. The van der Waals surface area contributed by atoms with Crippen molar-refractivity contribution in [3.8, 4) is 5.75 Å². The third-order valence-electron chi connectivity index (χ3n) is 4.02. The molecular weight excluding hydrogens is 338 g/mol. The molecule has 0 saturated carbocycles. The standard InChI is InChI=1S/C18H16ClN5O/c1-2-25-15-9-5-12(6-10-15)16-11-17(13-3-7-14(19)8-4-13)24-18(20-16)21-22-23-24/h3-11,17H,2H2,1H3,(H,20,21,23)/t17-/m0/s1. The van der Waals surface area contributed by atoms with Crippen LogP contribution in [0.25, 0.3) is 5.70 Å². The summed E-state index contributed by atoms with van der Waals surface area (Å²) in [5.74, 6) is 1.45. The maximum atomic E-state index is 6.01. The monoisotopic (exact) mass is 353 g/mol. The number of ether oxygens (including phenoxy) is 1. The van der Waals surface area contributed by atoms with Crippen LogP contribution in [-0.4, -0.2) is 26.8 Å². The van der Waals surface area contributed by atoms with Gasteiger partial charge in [-0.25, -0.2) is 0 Å². The minimum absolute atomic E-state index is 0.106. The highest BCUT2D eigenvalue weighted by Gasteiger charge is 2.24. The molecule has 3 aromatic rings. The first kappa shape index (κ1) is 15.7. The first-order chi connectivity index (χ1) is 12.2. The number of hydrogen-bond donors (Lipinski definition) is 1. The molecule has 2 heterocycles. The van der Waals surface area contributed by atoms with E-state index in [9.17, 15) is 0 Å². The zero-order chi connectivity index (χ0) is 17.2. The van der Waals surface area contributed by atoms with E-state index in [1.165, 1.54) is 0 Å². The molecule has 4 rings (SSSR count). The number of hydrogen-bond acceptors (Lipinski definition) is 5. The van der Waals surface area contributed by atoms with E-state index < -0.39 is 0 Å². The Labute approximate surface area is 150 Å². The lowest BCUT2D eigenvalue weighted by Crippen LogP contribution is -2.20. The van der Waals surface area contributed by atoms with Crippen molar-refractivity contribution >= 4 is 23.2 Å². The number of benzene rings is 2. The first-order valence-electron chi connectivity index (χ1n) is 8.00. The van der Waals surface area contributed by atoms with Crippen LogP contribution < -0.4 is 10.1 Å². The molecule has 0 fully saturated rings. The number of allylic oxidation sites excluding steroid dienone is 1. The molecule has 0 radical (unpaired) electrons. The molecule has 0 aliphatic carbocycles. The van der Waals surface area contributed by atoms with Crippen LogP contribution in [0.1, 0.15) is 24.1 Å². The van der Waals surface area contributed by atoms with Gasteiger partial charge >= 0.3 is 0 Å². The lowest BCUT2D eigenvalue weighted by molar-refractivity contribution is 0.340. The second-order valence-electron chi connectivity index (χ2n) is 5.61. The molecule has 25 heavy (non-hydrogen) atoms. The SMILES string of the molecule is CCOc1ccc(C2=C[C@@H](c3ccc(Cl)cc3)n3nnnc3N2)cc1. The number of anilines is 1. The van der Waals surface area contributed by atoms with Gasteiger partial charge in [0.15, 0.2) is 0 Å². The Kier molecular flexibility index (Phi) is 4.11. The fraction of sp³-hybridized carbons (Fsp3) is 0.167. The van der Waals surface area contributed by atoms with Crippen LogP contribution in [0.15, 0.2) is 54.6 Å². The number of rotatable bonds is 4. The number of nitrogens with zero attached hydrogens (tertiary/aromatic N) is 4. The van der Waals surface area contributed by atoms with Crippen molar-refractivity contribution in [2.45, 2.75) is 13.0 Å². The van der Waals surface area contributed by atoms with Crippen LogP contribution in [0.2, 0.25) is 5.02 Å². The van der Waals surface area contributed by atoms with E-state index in [2.05, 4.69) is 26.9 Å². The lowest BCUT2D eigenvalue weighted by atomic mass is 10.0. The van der Waals surface area contributed by atoms with Crippen molar-refractivity contribution in [1.82, 2.24) is 20.2 Å². The maximum absolute atomic E-state index is 6.01. The van der Waals surface area contributed by atoms with Crippen LogP contribution >= 0.6 is 11.6 Å². The van der Waals surface area contributed by atoms with Crippen molar-refractivity contribution in [2.75, 3.05) is 11.9 Å². The fourth-order valence-corrected chi connectivity index (χ4v) is 2.94. The van der Waals surface area contributed by atoms with Gasteiger partial charge in [-0.15, -0.1) is 0 Å². The van der Waals surface area contributed by atoms with Gasteiger partial charge < -0.3 is 10.1 Å². The Balaban J connectivity index is 1.72. The van der Waals surface area contributed by atoms with E-state index in [1.54, 1.807) is 4.68 Å². The second-order valence-corrected chi connectivity index (χ2v) is 6.04. The molecule has 0 spiro atoms. The van der Waals surface area contributed by atoms with E-state index in [-0.39, 0.29) is 6.04 Å². The third kappa shape index (κ3) is 3.08. The molecule has 1 N–H and O–H groups in total. The van der Waals surface area contributed by atoms with Crippen LogP contribution in [-0.2, 0) is 0 Å². The Hall–Kier alpha value is -2.86. The summed E-state index contributed by atoms with van der Waals surface area (Å²) < 4.78 is 7.26. The molecule has 0 bridgehead atoms. The average molecular weight is 354 g/mol. The summed E-state index contributed by atoms with van der Waals surface area (Å²) in [5.41, 5.74) is 3.05. The van der Waals surface area contributed by atoms with Crippen LogP contribution in [0.4, 0.5) is 5.95 Å². The first-order valence-corrected chi connectivity index (χ1v) is 8.38. The van der Waals surface area contributed by atoms with Gasteiger partial charge in [0.05, 0.1) is 6.61 Å². The predicted octanol–water partition coefficient (Wildman–Crippen LogP) is 3.78. The summed E-state index contributed by atoms with van der Waals surface area (Å²) in [6, 6.07) is 15.5. The molecule has 0 saturated heterocycles. The second kappa shape index (κ2) is 6.57.